The zero-order chi connectivity index (χ0) is 19.9. The zero-order valence-corrected chi connectivity index (χ0v) is 19.6. The number of benzene rings is 1. The number of anilines is 1. The van der Waals surface area contributed by atoms with Crippen molar-refractivity contribution < 1.29 is 9.59 Å². The third kappa shape index (κ3) is 5.93. The third-order valence-electron chi connectivity index (χ3n) is 4.77. The van der Waals surface area contributed by atoms with Crippen molar-refractivity contribution in [2.24, 2.45) is 0 Å². The second-order valence-corrected chi connectivity index (χ2v) is 9.82. The number of nitrogens with zero attached hydrogens (tertiary/aromatic N) is 2. The summed E-state index contributed by atoms with van der Waals surface area (Å²) >= 11 is 5.05. The van der Waals surface area contributed by atoms with Gasteiger partial charge in [0.15, 0.2) is 5.13 Å². The van der Waals surface area contributed by atoms with Crippen LogP contribution >= 0.6 is 45.7 Å². The van der Waals surface area contributed by atoms with Crippen molar-refractivity contribution in [3.63, 3.8) is 0 Å². The number of hydrogen-bond donors (Lipinski definition) is 1. The van der Waals surface area contributed by atoms with Gasteiger partial charge < -0.3 is 10.2 Å². The Kier molecular flexibility index (Phi) is 8.16. The van der Waals surface area contributed by atoms with Crippen molar-refractivity contribution in [2.45, 2.75) is 38.6 Å². The Labute approximate surface area is 187 Å². The minimum atomic E-state index is -0.119. The summed E-state index contributed by atoms with van der Waals surface area (Å²) in [6.07, 6.45) is 4.39. The van der Waals surface area contributed by atoms with Gasteiger partial charge in [-0.1, -0.05) is 19.1 Å². The van der Waals surface area contributed by atoms with Gasteiger partial charge in [-0.25, -0.2) is 4.98 Å². The zero-order valence-electron chi connectivity index (χ0n) is 15.8. The molecule has 0 saturated carbocycles. The van der Waals surface area contributed by atoms with Gasteiger partial charge in [-0.3, -0.25) is 9.59 Å². The first kappa shape index (κ1) is 21.6. The highest BCUT2D eigenvalue weighted by Crippen LogP contribution is 2.26. The second kappa shape index (κ2) is 10.6. The number of carbonyl (C=O) groups is 2. The molecule has 5 nitrogen and oxygen atoms in total. The highest BCUT2D eigenvalue weighted by atomic mass is 127. The molecule has 8 heteroatoms. The largest absolute Gasteiger partial charge is 0.339 e. The van der Waals surface area contributed by atoms with Crippen LogP contribution in [0.25, 0.3) is 11.3 Å². The third-order valence-corrected chi connectivity index (χ3v) is 7.16. The van der Waals surface area contributed by atoms with Crippen LogP contribution in [0.3, 0.4) is 0 Å². The standard InChI is InChI=1S/C20H24IN3O2S2/c1-2-16-5-3-4-10-24(16)19(26)13-27-12-18(25)23-20-22-17(11-28-20)14-6-8-15(21)9-7-14/h6-9,11,16H,2-5,10,12-13H2,1H3,(H,22,23,25). The van der Waals surface area contributed by atoms with Gasteiger partial charge in [-0.05, 0) is 60.4 Å². The lowest BCUT2D eigenvalue weighted by molar-refractivity contribution is -0.132. The van der Waals surface area contributed by atoms with Crippen LogP contribution in [0.1, 0.15) is 32.6 Å². The van der Waals surface area contributed by atoms with Crippen molar-refractivity contribution >= 4 is 62.6 Å². The summed E-state index contributed by atoms with van der Waals surface area (Å²) in [4.78, 5) is 31.1. The van der Waals surface area contributed by atoms with E-state index in [0.29, 0.717) is 16.9 Å². The number of carbonyl (C=O) groups excluding carboxylic acids is 2. The van der Waals surface area contributed by atoms with Gasteiger partial charge in [0.25, 0.3) is 0 Å². The Balaban J connectivity index is 1.44. The van der Waals surface area contributed by atoms with Crippen LogP contribution in [0.5, 0.6) is 0 Å². The average molecular weight is 529 g/mol. The van der Waals surface area contributed by atoms with Gasteiger partial charge in [-0.15, -0.1) is 23.1 Å². The molecular formula is C20H24IN3O2S2. The molecule has 28 heavy (non-hydrogen) atoms. The van der Waals surface area contributed by atoms with Gasteiger partial charge in [-0.2, -0.15) is 0 Å². The number of aromatic nitrogens is 1. The van der Waals surface area contributed by atoms with E-state index in [9.17, 15) is 9.59 Å². The maximum atomic E-state index is 12.5. The summed E-state index contributed by atoms with van der Waals surface area (Å²) in [6.45, 7) is 2.99. The molecule has 150 valence electrons. The molecule has 2 amide bonds. The molecule has 1 aliphatic rings. The Morgan fingerprint density at radius 2 is 2.07 bits per heavy atom. The van der Waals surface area contributed by atoms with Crippen molar-refractivity contribution in [3.05, 3.63) is 33.2 Å². The molecular weight excluding hydrogens is 505 g/mol. The first-order valence-corrected chi connectivity index (χ1v) is 12.6. The molecule has 3 rings (SSSR count). The number of nitrogens with one attached hydrogen (secondary N) is 1. The smallest absolute Gasteiger partial charge is 0.236 e. The van der Waals surface area contributed by atoms with Crippen LogP contribution in [0, 0.1) is 3.57 Å². The Hall–Kier alpha value is -1.13. The SMILES string of the molecule is CCC1CCCCN1C(=O)CSCC(=O)Nc1nc(-c2ccc(I)cc2)cs1. The minimum absolute atomic E-state index is 0.119. The van der Waals surface area contributed by atoms with E-state index in [1.165, 1.54) is 33.1 Å². The van der Waals surface area contributed by atoms with Gasteiger partial charge in [0.1, 0.15) is 0 Å². The predicted octanol–water partition coefficient (Wildman–Crippen LogP) is 4.88. The quantitative estimate of drug-likeness (QED) is 0.520. The van der Waals surface area contributed by atoms with Gasteiger partial charge in [0, 0.05) is 27.1 Å². The molecule has 1 unspecified atom stereocenters. The topological polar surface area (TPSA) is 62.3 Å². The van der Waals surface area contributed by atoms with Crippen LogP contribution in [-0.4, -0.2) is 45.8 Å². The monoisotopic (exact) mass is 529 g/mol. The van der Waals surface area contributed by atoms with Gasteiger partial charge >= 0.3 is 0 Å². The maximum Gasteiger partial charge on any atom is 0.236 e. The molecule has 1 aliphatic heterocycles. The van der Waals surface area contributed by atoms with Crippen LogP contribution < -0.4 is 5.32 Å². The molecule has 2 aromatic rings. The van der Waals surface area contributed by atoms with Crippen molar-refractivity contribution in [2.75, 3.05) is 23.4 Å². The number of thiazole rings is 1. The molecule has 0 spiro atoms. The molecule has 1 N–H and O–H groups in total. The van der Waals surface area contributed by atoms with Crippen LogP contribution in [0.2, 0.25) is 0 Å². The first-order chi connectivity index (χ1) is 13.6. The minimum Gasteiger partial charge on any atom is -0.339 e. The normalized spacial score (nSPS) is 16.8. The number of thioether (sulfide) groups is 1. The van der Waals surface area contributed by atoms with Crippen molar-refractivity contribution in [1.29, 1.82) is 0 Å². The Bertz CT molecular complexity index is 810. The molecule has 1 aromatic carbocycles. The van der Waals surface area contributed by atoms with E-state index in [2.05, 4.69) is 39.8 Å². The lowest BCUT2D eigenvalue weighted by Gasteiger charge is -2.35. The molecule has 1 fully saturated rings. The molecule has 0 radical (unpaired) electrons. The highest BCUT2D eigenvalue weighted by Gasteiger charge is 2.25. The number of piperidine rings is 1. The molecule has 0 aliphatic carbocycles. The van der Waals surface area contributed by atoms with E-state index in [4.69, 9.17) is 0 Å². The summed E-state index contributed by atoms with van der Waals surface area (Å²) in [7, 11) is 0. The number of hydrogen-bond acceptors (Lipinski definition) is 5. The number of rotatable bonds is 7. The van der Waals surface area contributed by atoms with Crippen molar-refractivity contribution in [3.8, 4) is 11.3 Å². The summed E-state index contributed by atoms with van der Waals surface area (Å²) in [5.41, 5.74) is 1.89. The first-order valence-electron chi connectivity index (χ1n) is 9.45. The maximum absolute atomic E-state index is 12.5. The van der Waals surface area contributed by atoms with Gasteiger partial charge in [0.2, 0.25) is 11.8 Å². The molecule has 1 aromatic heterocycles. The molecule has 1 atom stereocenters. The Morgan fingerprint density at radius 1 is 1.29 bits per heavy atom. The average Bonchev–Trinajstić information content (AvgIpc) is 3.16. The number of halogens is 1. The van der Waals surface area contributed by atoms with E-state index >= 15 is 0 Å². The highest BCUT2D eigenvalue weighted by molar-refractivity contribution is 14.1. The predicted molar refractivity (Wildman–Crippen MR) is 126 cm³/mol. The molecule has 0 bridgehead atoms. The Morgan fingerprint density at radius 3 is 2.82 bits per heavy atom. The fraction of sp³-hybridized carbons (Fsp3) is 0.450. The lowest BCUT2D eigenvalue weighted by atomic mass is 10.0. The van der Waals surface area contributed by atoms with Crippen LogP contribution in [0.15, 0.2) is 29.6 Å². The van der Waals surface area contributed by atoms with E-state index in [1.807, 2.05) is 34.5 Å². The van der Waals surface area contributed by atoms with E-state index in [-0.39, 0.29) is 17.6 Å². The van der Waals surface area contributed by atoms with Crippen LogP contribution in [0.4, 0.5) is 5.13 Å². The second-order valence-electron chi connectivity index (χ2n) is 6.73. The fourth-order valence-electron chi connectivity index (χ4n) is 3.31. The van der Waals surface area contributed by atoms with Crippen LogP contribution in [-0.2, 0) is 9.59 Å². The van der Waals surface area contributed by atoms with E-state index < -0.39 is 0 Å². The molecule has 1 saturated heterocycles. The van der Waals surface area contributed by atoms with E-state index in [0.717, 1.165) is 37.1 Å². The van der Waals surface area contributed by atoms with Gasteiger partial charge in [0.05, 0.1) is 17.2 Å². The summed E-state index contributed by atoms with van der Waals surface area (Å²) < 4.78 is 1.17. The lowest BCUT2D eigenvalue weighted by Crippen LogP contribution is -2.44. The van der Waals surface area contributed by atoms with E-state index in [1.54, 1.807) is 0 Å². The number of amides is 2. The summed E-state index contributed by atoms with van der Waals surface area (Å²) in [6, 6.07) is 8.48. The fourth-order valence-corrected chi connectivity index (χ4v) is 5.10. The molecule has 2 heterocycles. The van der Waals surface area contributed by atoms with Crippen molar-refractivity contribution in [1.82, 2.24) is 9.88 Å². The summed E-state index contributed by atoms with van der Waals surface area (Å²) in [5.74, 6) is 0.649. The summed E-state index contributed by atoms with van der Waals surface area (Å²) in [5, 5.41) is 5.37. The number of likely N-dealkylation sites (tertiary alicyclic amines) is 1.